The molecule has 0 aromatic carbocycles. The van der Waals surface area contributed by atoms with E-state index in [2.05, 4.69) is 24.4 Å². The molecule has 0 radical (unpaired) electrons. The van der Waals surface area contributed by atoms with E-state index in [-0.39, 0.29) is 5.91 Å². The molecule has 0 aromatic rings. The Labute approximate surface area is 74.2 Å². The van der Waals surface area contributed by atoms with Crippen LogP contribution in [0.25, 0.3) is 0 Å². The quantitative estimate of drug-likeness (QED) is 0.508. The van der Waals surface area contributed by atoms with Crippen LogP contribution in [-0.2, 0) is 4.79 Å². The lowest BCUT2D eigenvalue weighted by atomic mass is 10.0. The number of nitrogens with zero attached hydrogens (tertiary/aromatic N) is 1. The van der Waals surface area contributed by atoms with Gasteiger partial charge in [0, 0.05) is 12.6 Å². The van der Waals surface area contributed by atoms with E-state index in [4.69, 9.17) is 0 Å². The second kappa shape index (κ2) is 5.75. The molecule has 1 unspecified atom stereocenters. The SMILES string of the molecule is CCCC(C)/C(C)=N/NC(C)=O. The van der Waals surface area contributed by atoms with Crippen LogP contribution in [0, 0.1) is 5.92 Å². The van der Waals surface area contributed by atoms with Gasteiger partial charge in [0.2, 0.25) is 5.91 Å². The molecule has 0 spiro atoms. The van der Waals surface area contributed by atoms with E-state index in [0.29, 0.717) is 5.92 Å². The molecule has 1 atom stereocenters. The van der Waals surface area contributed by atoms with Crippen LogP contribution in [-0.4, -0.2) is 11.6 Å². The van der Waals surface area contributed by atoms with Crippen molar-refractivity contribution in [3.63, 3.8) is 0 Å². The van der Waals surface area contributed by atoms with Gasteiger partial charge in [0.1, 0.15) is 0 Å². The van der Waals surface area contributed by atoms with Gasteiger partial charge < -0.3 is 0 Å². The number of hydrogen-bond donors (Lipinski definition) is 1. The Bertz CT molecular complexity index is 175. The molecule has 0 aliphatic heterocycles. The average Bonchev–Trinajstić information content (AvgIpc) is 2.00. The van der Waals surface area contributed by atoms with Gasteiger partial charge in [-0.2, -0.15) is 5.10 Å². The molecule has 0 aromatic heterocycles. The number of hydrogen-bond acceptors (Lipinski definition) is 2. The summed E-state index contributed by atoms with van der Waals surface area (Å²) < 4.78 is 0. The summed E-state index contributed by atoms with van der Waals surface area (Å²) in [6.07, 6.45) is 2.27. The Balaban J connectivity index is 3.89. The number of carbonyl (C=O) groups excluding carboxylic acids is 1. The van der Waals surface area contributed by atoms with Crippen LogP contribution in [0.15, 0.2) is 5.10 Å². The molecule has 0 saturated heterocycles. The first-order valence-electron chi connectivity index (χ1n) is 4.38. The van der Waals surface area contributed by atoms with Crippen molar-refractivity contribution in [1.29, 1.82) is 0 Å². The van der Waals surface area contributed by atoms with Crippen molar-refractivity contribution in [3.8, 4) is 0 Å². The first-order valence-corrected chi connectivity index (χ1v) is 4.38. The molecule has 0 aliphatic rings. The second-order valence-corrected chi connectivity index (χ2v) is 3.11. The Kier molecular flexibility index (Phi) is 5.34. The molecule has 0 fully saturated rings. The monoisotopic (exact) mass is 170 g/mol. The third kappa shape index (κ3) is 4.88. The summed E-state index contributed by atoms with van der Waals surface area (Å²) >= 11 is 0. The van der Waals surface area contributed by atoms with Crippen LogP contribution in [0.4, 0.5) is 0 Å². The zero-order valence-corrected chi connectivity index (χ0v) is 8.35. The van der Waals surface area contributed by atoms with Crippen LogP contribution in [0.2, 0.25) is 0 Å². The minimum absolute atomic E-state index is 0.113. The van der Waals surface area contributed by atoms with E-state index in [1.807, 2.05) is 6.92 Å². The van der Waals surface area contributed by atoms with Gasteiger partial charge in [0.05, 0.1) is 0 Å². The van der Waals surface area contributed by atoms with Gasteiger partial charge in [-0.15, -0.1) is 0 Å². The summed E-state index contributed by atoms with van der Waals surface area (Å²) in [4.78, 5) is 10.5. The summed E-state index contributed by atoms with van der Waals surface area (Å²) in [7, 11) is 0. The van der Waals surface area contributed by atoms with Gasteiger partial charge in [-0.25, -0.2) is 5.43 Å². The molecular formula is C9H18N2O. The fourth-order valence-electron chi connectivity index (χ4n) is 0.919. The van der Waals surface area contributed by atoms with Crippen LogP contribution in [0.1, 0.15) is 40.5 Å². The molecule has 70 valence electrons. The first-order chi connectivity index (χ1) is 5.57. The molecule has 0 bridgehead atoms. The van der Waals surface area contributed by atoms with Crippen LogP contribution >= 0.6 is 0 Å². The van der Waals surface area contributed by atoms with E-state index >= 15 is 0 Å². The van der Waals surface area contributed by atoms with Crippen LogP contribution < -0.4 is 5.43 Å². The normalized spacial score (nSPS) is 14.2. The number of amides is 1. The highest BCUT2D eigenvalue weighted by Crippen LogP contribution is 2.06. The van der Waals surface area contributed by atoms with Gasteiger partial charge in [-0.3, -0.25) is 4.79 Å². The van der Waals surface area contributed by atoms with Gasteiger partial charge in [-0.05, 0) is 19.3 Å². The smallest absolute Gasteiger partial charge is 0.236 e. The highest BCUT2D eigenvalue weighted by atomic mass is 16.2. The van der Waals surface area contributed by atoms with E-state index in [1.165, 1.54) is 6.92 Å². The van der Waals surface area contributed by atoms with Gasteiger partial charge >= 0.3 is 0 Å². The first kappa shape index (κ1) is 11.1. The average molecular weight is 170 g/mol. The van der Waals surface area contributed by atoms with Gasteiger partial charge in [0.15, 0.2) is 0 Å². The largest absolute Gasteiger partial charge is 0.274 e. The molecule has 0 saturated carbocycles. The molecule has 1 N–H and O–H groups in total. The Morgan fingerprint density at radius 2 is 2.08 bits per heavy atom. The maximum absolute atomic E-state index is 10.5. The van der Waals surface area contributed by atoms with Crippen molar-refractivity contribution in [2.45, 2.75) is 40.5 Å². The summed E-state index contributed by atoms with van der Waals surface area (Å²) in [5.74, 6) is 0.347. The third-order valence-corrected chi connectivity index (χ3v) is 1.82. The van der Waals surface area contributed by atoms with Crippen molar-refractivity contribution in [2.75, 3.05) is 0 Å². The summed E-state index contributed by atoms with van der Waals surface area (Å²) in [5, 5.41) is 3.96. The lowest BCUT2D eigenvalue weighted by Gasteiger charge is -2.08. The number of hydrazone groups is 1. The van der Waals surface area contributed by atoms with E-state index in [9.17, 15) is 4.79 Å². The number of nitrogens with one attached hydrogen (secondary N) is 1. The molecule has 0 rings (SSSR count). The fraction of sp³-hybridized carbons (Fsp3) is 0.778. The van der Waals surface area contributed by atoms with Crippen molar-refractivity contribution >= 4 is 11.6 Å². The maximum Gasteiger partial charge on any atom is 0.236 e. The minimum Gasteiger partial charge on any atom is -0.274 e. The molecule has 3 heteroatoms. The lowest BCUT2D eigenvalue weighted by molar-refractivity contribution is -0.118. The van der Waals surface area contributed by atoms with Crippen LogP contribution in [0.5, 0.6) is 0 Å². The maximum atomic E-state index is 10.5. The molecule has 0 aliphatic carbocycles. The van der Waals surface area contributed by atoms with Crippen molar-refractivity contribution < 1.29 is 4.79 Å². The van der Waals surface area contributed by atoms with E-state index in [0.717, 1.165) is 18.6 Å². The summed E-state index contributed by atoms with van der Waals surface area (Å²) in [6.45, 7) is 7.66. The topological polar surface area (TPSA) is 41.5 Å². The third-order valence-electron chi connectivity index (χ3n) is 1.82. The Morgan fingerprint density at radius 3 is 2.50 bits per heavy atom. The molecular weight excluding hydrogens is 152 g/mol. The van der Waals surface area contributed by atoms with Gasteiger partial charge in [-0.1, -0.05) is 20.3 Å². The number of rotatable bonds is 4. The fourth-order valence-corrected chi connectivity index (χ4v) is 0.919. The molecule has 0 heterocycles. The predicted octanol–water partition coefficient (Wildman–Crippen LogP) is 1.93. The van der Waals surface area contributed by atoms with Crippen LogP contribution in [0.3, 0.4) is 0 Å². The Hall–Kier alpha value is -0.860. The van der Waals surface area contributed by atoms with Crippen molar-refractivity contribution in [1.82, 2.24) is 5.43 Å². The number of carbonyl (C=O) groups is 1. The molecule has 1 amide bonds. The minimum atomic E-state index is -0.113. The molecule has 12 heavy (non-hydrogen) atoms. The lowest BCUT2D eigenvalue weighted by Crippen LogP contribution is -2.17. The van der Waals surface area contributed by atoms with E-state index in [1.54, 1.807) is 0 Å². The highest BCUT2D eigenvalue weighted by molar-refractivity contribution is 5.85. The van der Waals surface area contributed by atoms with Gasteiger partial charge in [0.25, 0.3) is 0 Å². The predicted molar refractivity (Wildman–Crippen MR) is 51.0 cm³/mol. The summed E-state index contributed by atoms with van der Waals surface area (Å²) in [5.41, 5.74) is 3.43. The standard InChI is InChI=1S/C9H18N2O/c1-5-6-7(2)8(3)10-11-9(4)12/h7H,5-6H2,1-4H3,(H,11,12)/b10-8+. The van der Waals surface area contributed by atoms with Crippen molar-refractivity contribution in [2.24, 2.45) is 11.0 Å². The summed E-state index contributed by atoms with van der Waals surface area (Å²) in [6, 6.07) is 0. The zero-order valence-electron chi connectivity index (χ0n) is 8.35. The molecule has 3 nitrogen and oxygen atoms in total. The van der Waals surface area contributed by atoms with E-state index < -0.39 is 0 Å². The highest BCUT2D eigenvalue weighted by Gasteiger charge is 2.03. The second-order valence-electron chi connectivity index (χ2n) is 3.11. The zero-order chi connectivity index (χ0) is 9.56. The van der Waals surface area contributed by atoms with Crippen molar-refractivity contribution in [3.05, 3.63) is 0 Å². The Morgan fingerprint density at radius 1 is 1.50 bits per heavy atom.